The van der Waals surface area contributed by atoms with Crippen LogP contribution in [0.3, 0.4) is 0 Å². The predicted octanol–water partition coefficient (Wildman–Crippen LogP) is 4.05. The first-order valence-corrected chi connectivity index (χ1v) is 8.75. The second-order valence-electron chi connectivity index (χ2n) is 4.70. The highest BCUT2D eigenvalue weighted by Gasteiger charge is 2.29. The Labute approximate surface area is 119 Å². The molecule has 1 fully saturated rings. The van der Waals surface area contributed by atoms with Crippen molar-refractivity contribution < 1.29 is 9.00 Å². The first-order valence-electron chi connectivity index (χ1n) is 6.28. The summed E-state index contributed by atoms with van der Waals surface area (Å²) in [6, 6.07) is 3.44. The Morgan fingerprint density at radius 2 is 2.06 bits per heavy atom. The minimum absolute atomic E-state index is 0.0317. The van der Waals surface area contributed by atoms with Gasteiger partial charge in [-0.15, -0.1) is 11.3 Å². The molecular weight excluding hydrogens is 288 g/mol. The molecule has 1 aliphatic carbocycles. The van der Waals surface area contributed by atoms with E-state index in [1.807, 2.05) is 0 Å². The van der Waals surface area contributed by atoms with E-state index in [0.29, 0.717) is 9.21 Å². The van der Waals surface area contributed by atoms with Crippen molar-refractivity contribution in [3.63, 3.8) is 0 Å². The van der Waals surface area contributed by atoms with Gasteiger partial charge in [-0.1, -0.05) is 30.9 Å². The minimum Gasteiger partial charge on any atom is -0.292 e. The maximum absolute atomic E-state index is 12.4. The lowest BCUT2D eigenvalue weighted by Crippen LogP contribution is -2.31. The summed E-state index contributed by atoms with van der Waals surface area (Å²) in [6.07, 6.45) is 5.51. The topological polar surface area (TPSA) is 34.1 Å². The molecule has 1 saturated carbocycles. The zero-order valence-electron chi connectivity index (χ0n) is 10.4. The molecule has 1 aromatic rings. The van der Waals surface area contributed by atoms with Crippen molar-refractivity contribution in [3.05, 3.63) is 21.3 Å². The van der Waals surface area contributed by atoms with Crippen molar-refractivity contribution >= 4 is 39.5 Å². The van der Waals surface area contributed by atoms with Crippen molar-refractivity contribution in [1.29, 1.82) is 0 Å². The smallest absolute Gasteiger partial charge is 0.188 e. The number of halogens is 1. The van der Waals surface area contributed by atoms with E-state index in [0.717, 1.165) is 25.7 Å². The van der Waals surface area contributed by atoms with Gasteiger partial charge in [0.15, 0.2) is 5.78 Å². The molecule has 2 unspecified atom stereocenters. The number of carbonyl (C=O) groups excluding carboxylic acids is 1. The van der Waals surface area contributed by atoms with Crippen LogP contribution in [0.4, 0.5) is 0 Å². The van der Waals surface area contributed by atoms with Crippen LogP contribution in [0.5, 0.6) is 0 Å². The molecule has 1 aromatic heterocycles. The molecular formula is C13H17ClO2S2. The Morgan fingerprint density at radius 1 is 1.39 bits per heavy atom. The number of carbonyl (C=O) groups is 1. The van der Waals surface area contributed by atoms with Gasteiger partial charge in [-0.2, -0.15) is 0 Å². The molecule has 0 amide bonds. The number of ketones is 1. The van der Waals surface area contributed by atoms with Crippen LogP contribution in [0.25, 0.3) is 0 Å². The molecule has 0 spiro atoms. The van der Waals surface area contributed by atoms with E-state index in [4.69, 9.17) is 11.6 Å². The number of Topliss-reactive ketones (excluding diaryl/α,β-unsaturated/α-hetero) is 1. The molecule has 18 heavy (non-hydrogen) atoms. The summed E-state index contributed by atoms with van der Waals surface area (Å²) < 4.78 is 13.0. The summed E-state index contributed by atoms with van der Waals surface area (Å²) in [5.41, 5.74) is 0. The Balaban J connectivity index is 2.03. The number of hydrogen-bond acceptors (Lipinski definition) is 3. The second kappa shape index (κ2) is 6.31. The quantitative estimate of drug-likeness (QED) is 0.786. The van der Waals surface area contributed by atoms with Gasteiger partial charge in [-0.25, -0.2) is 0 Å². The molecule has 0 saturated heterocycles. The first-order chi connectivity index (χ1) is 8.59. The van der Waals surface area contributed by atoms with Crippen molar-refractivity contribution in [3.8, 4) is 0 Å². The lowest BCUT2D eigenvalue weighted by Gasteiger charge is -2.23. The molecule has 1 heterocycles. The lowest BCUT2D eigenvalue weighted by atomic mass is 10.0. The Morgan fingerprint density at radius 3 is 2.61 bits per heavy atom. The van der Waals surface area contributed by atoms with Crippen LogP contribution in [-0.4, -0.2) is 20.5 Å². The highest BCUT2D eigenvalue weighted by molar-refractivity contribution is 7.87. The molecule has 2 atom stereocenters. The van der Waals surface area contributed by atoms with E-state index in [1.165, 1.54) is 17.8 Å². The Kier molecular flexibility index (Phi) is 4.98. The average Bonchev–Trinajstić information content (AvgIpc) is 2.84. The van der Waals surface area contributed by atoms with E-state index >= 15 is 0 Å². The number of thiophene rings is 1. The van der Waals surface area contributed by atoms with Crippen molar-refractivity contribution in [2.45, 2.75) is 49.5 Å². The van der Waals surface area contributed by atoms with Gasteiger partial charge >= 0.3 is 0 Å². The molecule has 5 heteroatoms. The van der Waals surface area contributed by atoms with Gasteiger partial charge < -0.3 is 0 Å². The van der Waals surface area contributed by atoms with E-state index in [9.17, 15) is 9.00 Å². The van der Waals surface area contributed by atoms with Gasteiger partial charge in [0.05, 0.1) is 14.5 Å². The molecule has 100 valence electrons. The fourth-order valence-corrected chi connectivity index (χ4v) is 5.20. The molecule has 2 nitrogen and oxygen atoms in total. The minimum atomic E-state index is -1.06. The predicted molar refractivity (Wildman–Crippen MR) is 78.1 cm³/mol. The van der Waals surface area contributed by atoms with Crippen LogP contribution >= 0.6 is 22.9 Å². The summed E-state index contributed by atoms with van der Waals surface area (Å²) in [6.45, 7) is 1.78. The first kappa shape index (κ1) is 14.2. The van der Waals surface area contributed by atoms with E-state index in [1.54, 1.807) is 19.1 Å². The third kappa shape index (κ3) is 3.22. The van der Waals surface area contributed by atoms with Gasteiger partial charge in [0, 0.05) is 16.0 Å². The van der Waals surface area contributed by atoms with Crippen LogP contribution < -0.4 is 0 Å². The Hall–Kier alpha value is -0.190. The highest BCUT2D eigenvalue weighted by Crippen LogP contribution is 2.27. The summed E-state index contributed by atoms with van der Waals surface area (Å²) in [4.78, 5) is 12.8. The molecule has 0 aromatic carbocycles. The second-order valence-corrected chi connectivity index (χ2v) is 8.44. The summed E-state index contributed by atoms with van der Waals surface area (Å²) in [5, 5.41) is -0.212. The zero-order valence-corrected chi connectivity index (χ0v) is 12.7. The standard InChI is InChI=1S/C13H17ClO2S2/c1-9(13(15)11-7-8-12(14)17-11)18(16)10-5-3-2-4-6-10/h7-10H,2-6H2,1H3. The van der Waals surface area contributed by atoms with Crippen LogP contribution in [0, 0.1) is 0 Å². The largest absolute Gasteiger partial charge is 0.292 e. The molecule has 1 aliphatic rings. The maximum Gasteiger partial charge on any atom is 0.188 e. The summed E-state index contributed by atoms with van der Waals surface area (Å²) in [5.74, 6) is -0.0317. The Bertz CT molecular complexity index is 450. The van der Waals surface area contributed by atoms with Crippen LogP contribution in [0.1, 0.15) is 48.7 Å². The number of hydrogen-bond donors (Lipinski definition) is 0. The number of rotatable bonds is 4. The summed E-state index contributed by atoms with van der Waals surface area (Å²) in [7, 11) is -1.06. The van der Waals surface area contributed by atoms with Gasteiger partial charge in [0.25, 0.3) is 0 Å². The lowest BCUT2D eigenvalue weighted by molar-refractivity contribution is 0.0996. The van der Waals surface area contributed by atoms with Gasteiger partial charge in [-0.3, -0.25) is 9.00 Å². The summed E-state index contributed by atoms with van der Waals surface area (Å²) >= 11 is 7.10. The molecule has 0 N–H and O–H groups in total. The highest BCUT2D eigenvalue weighted by atomic mass is 35.5. The van der Waals surface area contributed by atoms with Crippen molar-refractivity contribution in [1.82, 2.24) is 0 Å². The van der Waals surface area contributed by atoms with E-state index < -0.39 is 16.0 Å². The van der Waals surface area contributed by atoms with Crippen molar-refractivity contribution in [2.24, 2.45) is 0 Å². The van der Waals surface area contributed by atoms with Crippen LogP contribution in [0.15, 0.2) is 12.1 Å². The van der Waals surface area contributed by atoms with Crippen LogP contribution in [0.2, 0.25) is 4.34 Å². The van der Waals surface area contributed by atoms with Crippen LogP contribution in [-0.2, 0) is 10.8 Å². The molecule has 0 aliphatic heterocycles. The molecule has 2 rings (SSSR count). The normalized spacial score (nSPS) is 20.6. The maximum atomic E-state index is 12.4. The van der Waals surface area contributed by atoms with Crippen molar-refractivity contribution in [2.75, 3.05) is 0 Å². The van der Waals surface area contributed by atoms with E-state index in [2.05, 4.69) is 0 Å². The van der Waals surface area contributed by atoms with Gasteiger partial charge in [0.1, 0.15) is 0 Å². The molecule has 0 radical (unpaired) electrons. The third-order valence-corrected chi connectivity index (χ3v) is 6.70. The zero-order chi connectivity index (χ0) is 13.1. The van der Waals surface area contributed by atoms with Gasteiger partial charge in [0.2, 0.25) is 0 Å². The SMILES string of the molecule is CC(C(=O)c1ccc(Cl)s1)S(=O)C1CCCCC1. The van der Waals surface area contributed by atoms with E-state index in [-0.39, 0.29) is 11.0 Å². The monoisotopic (exact) mass is 304 g/mol. The molecule has 0 bridgehead atoms. The fourth-order valence-electron chi connectivity index (χ4n) is 2.34. The van der Waals surface area contributed by atoms with Gasteiger partial charge in [-0.05, 0) is 31.9 Å². The fraction of sp³-hybridized carbons (Fsp3) is 0.615. The average molecular weight is 305 g/mol. The third-order valence-electron chi connectivity index (χ3n) is 3.41.